The van der Waals surface area contributed by atoms with Crippen LogP contribution in [0.1, 0.15) is 44.2 Å². The zero-order chi connectivity index (χ0) is 28.8. The zero-order valence-corrected chi connectivity index (χ0v) is 26.4. The molecule has 1 heterocycles. The second kappa shape index (κ2) is 17.4. The molecule has 0 saturated heterocycles. The highest BCUT2D eigenvalue weighted by Gasteiger charge is 2.14. The summed E-state index contributed by atoms with van der Waals surface area (Å²) < 4.78 is 25.2. The monoisotopic (exact) mass is 623 g/mol. The molecule has 0 spiro atoms. The average molecular weight is 624 g/mol. The van der Waals surface area contributed by atoms with Gasteiger partial charge in [0.2, 0.25) is 10.0 Å². The minimum absolute atomic E-state index is 0.0762. The number of nitrogens with one attached hydrogen (secondary N) is 1. The highest BCUT2D eigenvalue weighted by molar-refractivity contribution is 7.89. The van der Waals surface area contributed by atoms with Gasteiger partial charge in [-0.05, 0) is 68.3 Å². The summed E-state index contributed by atoms with van der Waals surface area (Å²) >= 11 is 14.8. The van der Waals surface area contributed by atoms with Crippen LogP contribution in [0.4, 0.5) is 0 Å². The molecule has 0 bridgehead atoms. The van der Waals surface area contributed by atoms with E-state index >= 15 is 0 Å². The molecule has 0 amide bonds. The van der Waals surface area contributed by atoms with Crippen molar-refractivity contribution >= 4 is 46.9 Å². The number of nitrogens with zero attached hydrogens (tertiary/aromatic N) is 3. The van der Waals surface area contributed by atoms with E-state index in [2.05, 4.69) is 41.5 Å². The average Bonchev–Trinajstić information content (AvgIpc) is 3.36. The van der Waals surface area contributed by atoms with Gasteiger partial charge in [0.15, 0.2) is 0 Å². The van der Waals surface area contributed by atoms with Crippen molar-refractivity contribution in [1.29, 1.82) is 0 Å². The molecule has 40 heavy (non-hydrogen) atoms. The molecule has 3 N–H and O–H groups in total. The maximum atomic E-state index is 11.7. The van der Waals surface area contributed by atoms with Gasteiger partial charge in [-0.15, -0.1) is 0 Å². The van der Waals surface area contributed by atoms with Crippen LogP contribution >= 0.6 is 36.9 Å². The van der Waals surface area contributed by atoms with Gasteiger partial charge in [0.25, 0.3) is 0 Å². The van der Waals surface area contributed by atoms with Crippen molar-refractivity contribution in [2.75, 3.05) is 44.2 Å². The largest absolute Gasteiger partial charge is 0.315 e. The number of benzene rings is 2. The van der Waals surface area contributed by atoms with E-state index in [-0.39, 0.29) is 4.90 Å². The van der Waals surface area contributed by atoms with Crippen molar-refractivity contribution < 1.29 is 8.42 Å². The minimum Gasteiger partial charge on any atom is -0.315 e. The molecule has 0 atom stereocenters. The Morgan fingerprint density at radius 2 is 1.52 bits per heavy atom. The van der Waals surface area contributed by atoms with Gasteiger partial charge in [-0.3, -0.25) is 0 Å². The number of aryl methyl sites for hydroxylation is 1. The van der Waals surface area contributed by atoms with E-state index in [1.807, 2.05) is 28.9 Å². The maximum absolute atomic E-state index is 11.7. The minimum atomic E-state index is -3.75. The number of primary sulfonamides is 1. The van der Waals surface area contributed by atoms with Crippen molar-refractivity contribution in [3.63, 3.8) is 0 Å². The van der Waals surface area contributed by atoms with Crippen molar-refractivity contribution in [1.82, 2.24) is 20.0 Å². The molecular weight excluding hydrogens is 582 g/mol. The number of halogens is 1. The molecule has 11 heteroatoms. The lowest BCUT2D eigenvalue weighted by Crippen LogP contribution is -2.34. The van der Waals surface area contributed by atoms with E-state index in [0.29, 0.717) is 5.02 Å². The summed E-state index contributed by atoms with van der Waals surface area (Å²) in [6.45, 7) is 5.19. The summed E-state index contributed by atoms with van der Waals surface area (Å²) in [7, 11) is -3.75. The summed E-state index contributed by atoms with van der Waals surface area (Å²) in [4.78, 5) is 2.57. The summed E-state index contributed by atoms with van der Waals surface area (Å²) in [6.07, 6.45) is 8.06. The molecule has 3 rings (SSSR count). The number of hydrogen-bond acceptors (Lipinski definition) is 7. The first kappa shape index (κ1) is 33.0. The molecule has 0 unspecified atom stereocenters. The van der Waals surface area contributed by atoms with Crippen LogP contribution < -0.4 is 10.5 Å². The van der Waals surface area contributed by atoms with Crippen LogP contribution in [0.3, 0.4) is 0 Å². The van der Waals surface area contributed by atoms with Crippen LogP contribution in [-0.2, 0) is 16.4 Å². The Morgan fingerprint density at radius 1 is 0.850 bits per heavy atom. The number of hydrogen-bond donors (Lipinski definition) is 4. The van der Waals surface area contributed by atoms with E-state index in [0.717, 1.165) is 79.7 Å². The molecule has 0 radical (unpaired) electrons. The smallest absolute Gasteiger partial charge is 0.238 e. The molecule has 0 aliphatic heterocycles. The molecule has 220 valence electrons. The zero-order valence-electron chi connectivity index (χ0n) is 23.0. The Kier molecular flexibility index (Phi) is 14.4. The highest BCUT2D eigenvalue weighted by Crippen LogP contribution is 2.27. The Hall–Kier alpha value is -1.53. The number of rotatable bonds is 19. The number of aromatic nitrogens is 2. The van der Waals surface area contributed by atoms with Gasteiger partial charge in [0, 0.05) is 48.3 Å². The molecule has 0 fully saturated rings. The summed E-state index contributed by atoms with van der Waals surface area (Å²) in [5.74, 6) is 1.76. The number of unbranched alkanes of at least 4 members (excludes halogenated alkanes) is 5. The standard InChI is InChI=1S/C29H42ClN5O2S3/c30-25-10-8-24(9-11-25)29-23-26(33-35(29)27-12-14-28(15-13-27)40(31,36)37)7-5-3-1-2-4-6-18-34(20-22-39)19-16-32-17-21-38/h8-15,23,32,38-39H,1-7,16-22H2,(H2,31,36,37). The fourth-order valence-electron chi connectivity index (χ4n) is 4.62. The SMILES string of the molecule is NS(=O)(=O)c1ccc(-n2nc(CCCCCCCCN(CCS)CCNCCS)cc2-c2ccc(Cl)cc2)cc1. The summed E-state index contributed by atoms with van der Waals surface area (Å²) in [5, 5.41) is 14.2. The van der Waals surface area contributed by atoms with E-state index in [1.165, 1.54) is 44.2 Å². The molecule has 1 aromatic heterocycles. The van der Waals surface area contributed by atoms with Crippen LogP contribution in [0.15, 0.2) is 59.5 Å². The lowest BCUT2D eigenvalue weighted by Gasteiger charge is -2.21. The fourth-order valence-corrected chi connectivity index (χ4v) is 5.70. The highest BCUT2D eigenvalue weighted by atomic mass is 35.5. The topological polar surface area (TPSA) is 93.2 Å². The van der Waals surface area contributed by atoms with Gasteiger partial charge in [-0.1, -0.05) is 49.4 Å². The van der Waals surface area contributed by atoms with Crippen LogP contribution in [0.5, 0.6) is 0 Å². The predicted octanol–water partition coefficient (Wildman–Crippen LogP) is 5.47. The predicted molar refractivity (Wildman–Crippen MR) is 174 cm³/mol. The van der Waals surface area contributed by atoms with Crippen LogP contribution in [0, 0.1) is 0 Å². The molecule has 7 nitrogen and oxygen atoms in total. The van der Waals surface area contributed by atoms with E-state index in [1.54, 1.807) is 12.1 Å². The van der Waals surface area contributed by atoms with Crippen molar-refractivity contribution in [2.24, 2.45) is 5.14 Å². The Morgan fingerprint density at radius 3 is 2.17 bits per heavy atom. The third-order valence-electron chi connectivity index (χ3n) is 6.78. The van der Waals surface area contributed by atoms with Crippen LogP contribution in [-0.4, -0.2) is 67.3 Å². The summed E-state index contributed by atoms with van der Waals surface area (Å²) in [5.41, 5.74) is 3.70. The van der Waals surface area contributed by atoms with Gasteiger partial charge >= 0.3 is 0 Å². The number of nitrogens with two attached hydrogens (primary N) is 1. The van der Waals surface area contributed by atoms with Crippen molar-refractivity contribution in [3.8, 4) is 16.9 Å². The second-order valence-corrected chi connectivity index (χ2v) is 12.8. The Balaban J connectivity index is 1.50. The fraction of sp³-hybridized carbons (Fsp3) is 0.483. The first-order valence-corrected chi connectivity index (χ1v) is 17.1. The lowest BCUT2D eigenvalue weighted by molar-refractivity contribution is 0.283. The third-order valence-corrected chi connectivity index (χ3v) is 8.38. The quantitative estimate of drug-likeness (QED) is 0.105. The van der Waals surface area contributed by atoms with Crippen molar-refractivity contribution in [3.05, 3.63) is 65.3 Å². The molecule has 0 saturated carbocycles. The maximum Gasteiger partial charge on any atom is 0.238 e. The van der Waals surface area contributed by atoms with E-state index in [4.69, 9.17) is 21.8 Å². The Labute approximate surface area is 255 Å². The lowest BCUT2D eigenvalue weighted by atomic mass is 10.1. The molecule has 0 aliphatic carbocycles. The van der Waals surface area contributed by atoms with Gasteiger partial charge in [0.1, 0.15) is 0 Å². The Bertz CT molecular complexity index is 1250. The normalized spacial score (nSPS) is 11.9. The summed E-state index contributed by atoms with van der Waals surface area (Å²) in [6, 6.07) is 16.2. The number of sulfonamides is 1. The van der Waals surface area contributed by atoms with E-state index in [9.17, 15) is 8.42 Å². The second-order valence-electron chi connectivity index (χ2n) is 9.89. The first-order chi connectivity index (χ1) is 19.3. The number of thiol groups is 2. The molecule has 3 aromatic rings. The van der Waals surface area contributed by atoms with Gasteiger partial charge < -0.3 is 10.2 Å². The molecular formula is C29H42ClN5O2S3. The van der Waals surface area contributed by atoms with Crippen LogP contribution in [0.25, 0.3) is 16.9 Å². The molecule has 2 aromatic carbocycles. The van der Waals surface area contributed by atoms with Crippen LogP contribution in [0.2, 0.25) is 5.02 Å². The van der Waals surface area contributed by atoms with Gasteiger partial charge in [0.05, 0.1) is 22.0 Å². The van der Waals surface area contributed by atoms with Crippen molar-refractivity contribution in [2.45, 2.75) is 49.8 Å². The third kappa shape index (κ3) is 11.0. The van der Waals surface area contributed by atoms with Gasteiger partial charge in [-0.25, -0.2) is 18.2 Å². The van der Waals surface area contributed by atoms with Gasteiger partial charge in [-0.2, -0.15) is 30.4 Å². The molecule has 0 aliphatic rings. The first-order valence-electron chi connectivity index (χ1n) is 13.9. The van der Waals surface area contributed by atoms with E-state index < -0.39 is 10.0 Å².